The van der Waals surface area contributed by atoms with Gasteiger partial charge in [-0.2, -0.15) is 0 Å². The minimum Gasteiger partial charge on any atom is -0.489 e. The van der Waals surface area contributed by atoms with Gasteiger partial charge in [-0.15, -0.1) is 0 Å². The third kappa shape index (κ3) is 2.96. The highest BCUT2D eigenvalue weighted by atomic mass is 32.2. The first-order chi connectivity index (χ1) is 9.44. The van der Waals surface area contributed by atoms with Gasteiger partial charge < -0.3 is 19.3 Å². The molecular formula is C12H14O7S. The minimum absolute atomic E-state index is 0.0551. The highest BCUT2D eigenvalue weighted by Gasteiger charge is 2.24. The molecule has 0 fully saturated rings. The van der Waals surface area contributed by atoms with Crippen LogP contribution in [0.2, 0.25) is 0 Å². The van der Waals surface area contributed by atoms with Crippen molar-refractivity contribution >= 4 is 16.0 Å². The molecule has 0 saturated carbocycles. The van der Waals surface area contributed by atoms with Gasteiger partial charge in [-0.05, 0) is 0 Å². The van der Waals surface area contributed by atoms with Gasteiger partial charge in [0.1, 0.15) is 0 Å². The van der Waals surface area contributed by atoms with E-state index in [4.69, 9.17) is 14.6 Å². The van der Waals surface area contributed by atoms with E-state index in [1.165, 1.54) is 13.0 Å². The average Bonchev–Trinajstić information content (AvgIpc) is 2.63. The molecule has 0 aromatic heterocycles. The highest BCUT2D eigenvalue weighted by Crippen LogP contribution is 2.41. The van der Waals surface area contributed by atoms with Crippen LogP contribution in [0.3, 0.4) is 0 Å². The van der Waals surface area contributed by atoms with Crippen LogP contribution in [0.5, 0.6) is 17.2 Å². The molecule has 1 aliphatic heterocycles. The Morgan fingerprint density at radius 2 is 2.05 bits per heavy atom. The Bertz CT molecular complexity index is 621. The lowest BCUT2D eigenvalue weighted by atomic mass is 10.3. The van der Waals surface area contributed by atoms with Crippen LogP contribution in [0.25, 0.3) is 0 Å². The Morgan fingerprint density at radius 3 is 2.70 bits per heavy atom. The molecule has 0 saturated heterocycles. The lowest BCUT2D eigenvalue weighted by Crippen LogP contribution is -2.09. The third-order valence-corrected chi connectivity index (χ3v) is 4.44. The summed E-state index contributed by atoms with van der Waals surface area (Å²) in [6.07, 6.45) is -0.942. The Balaban J connectivity index is 2.58. The van der Waals surface area contributed by atoms with Crippen molar-refractivity contribution in [2.75, 3.05) is 19.0 Å². The van der Waals surface area contributed by atoms with Crippen molar-refractivity contribution in [3.05, 3.63) is 12.1 Å². The maximum absolute atomic E-state index is 11.9. The van der Waals surface area contributed by atoms with Crippen LogP contribution >= 0.6 is 0 Å². The molecule has 1 aromatic carbocycles. The molecule has 1 N–H and O–H groups in total. The number of ether oxygens (including phenoxy) is 3. The van der Waals surface area contributed by atoms with Crippen LogP contribution in [0, 0.1) is 0 Å². The Kier molecular flexibility index (Phi) is 4.03. The summed E-state index contributed by atoms with van der Waals surface area (Å²) in [5, 5.41) is 8.72. The van der Waals surface area contributed by atoms with Gasteiger partial charge in [-0.1, -0.05) is 6.92 Å². The van der Waals surface area contributed by atoms with Gasteiger partial charge in [-0.25, -0.2) is 13.2 Å². The number of hydrogen-bond acceptors (Lipinski definition) is 6. The second kappa shape index (κ2) is 5.58. The van der Waals surface area contributed by atoms with Crippen LogP contribution in [0.4, 0.5) is 4.79 Å². The van der Waals surface area contributed by atoms with Crippen LogP contribution in [0.15, 0.2) is 17.0 Å². The number of carboxylic acid groups (broad SMARTS) is 1. The first-order valence-corrected chi connectivity index (χ1v) is 7.66. The molecule has 0 bridgehead atoms. The summed E-state index contributed by atoms with van der Waals surface area (Å²) in [5.74, 6) is -0.00347. The first-order valence-electron chi connectivity index (χ1n) is 6.01. The molecule has 1 aromatic rings. The first kappa shape index (κ1) is 14.4. The molecule has 0 amide bonds. The quantitative estimate of drug-likeness (QED) is 0.670. The number of benzene rings is 1. The number of rotatable bonds is 3. The summed E-state index contributed by atoms with van der Waals surface area (Å²) in [6.45, 7) is 2.19. The normalized spacial score (nSPS) is 14.4. The lowest BCUT2D eigenvalue weighted by Gasteiger charge is -2.13. The molecule has 0 radical (unpaired) electrons. The molecule has 110 valence electrons. The number of carbonyl (C=O) groups is 1. The fourth-order valence-corrected chi connectivity index (χ4v) is 2.64. The zero-order chi connectivity index (χ0) is 14.8. The van der Waals surface area contributed by atoms with Crippen molar-refractivity contribution < 1.29 is 32.5 Å². The van der Waals surface area contributed by atoms with E-state index in [2.05, 4.69) is 4.74 Å². The summed E-state index contributed by atoms with van der Waals surface area (Å²) in [4.78, 5) is 10.6. The molecule has 1 heterocycles. The predicted molar refractivity (Wildman–Crippen MR) is 68.4 cm³/mol. The topological polar surface area (TPSA) is 99.1 Å². The molecule has 0 spiro atoms. The fraction of sp³-hybridized carbons (Fsp3) is 0.417. The van der Waals surface area contributed by atoms with Crippen molar-refractivity contribution in [2.24, 2.45) is 0 Å². The molecule has 0 aliphatic carbocycles. The van der Waals surface area contributed by atoms with Gasteiger partial charge in [0.15, 0.2) is 21.3 Å². The Morgan fingerprint density at radius 1 is 1.35 bits per heavy atom. The summed E-state index contributed by atoms with van der Waals surface area (Å²) < 4.78 is 39.2. The van der Waals surface area contributed by atoms with E-state index in [0.29, 0.717) is 19.6 Å². The maximum Gasteiger partial charge on any atom is 0.511 e. The van der Waals surface area contributed by atoms with Crippen LogP contribution in [-0.2, 0) is 9.84 Å². The molecule has 7 nitrogen and oxygen atoms in total. The third-order valence-electron chi connectivity index (χ3n) is 2.72. The summed E-state index contributed by atoms with van der Waals surface area (Å²) in [6, 6.07) is 2.47. The zero-order valence-corrected chi connectivity index (χ0v) is 11.6. The van der Waals surface area contributed by atoms with Crippen LogP contribution in [-0.4, -0.2) is 38.6 Å². The van der Waals surface area contributed by atoms with E-state index in [1.807, 2.05) is 0 Å². The van der Waals surface area contributed by atoms with Crippen molar-refractivity contribution in [1.29, 1.82) is 0 Å². The van der Waals surface area contributed by atoms with Crippen molar-refractivity contribution in [1.82, 2.24) is 0 Å². The summed E-state index contributed by atoms with van der Waals surface area (Å²) >= 11 is 0. The predicted octanol–water partition coefficient (Wildman–Crippen LogP) is 1.70. The zero-order valence-electron chi connectivity index (χ0n) is 10.8. The molecule has 20 heavy (non-hydrogen) atoms. The van der Waals surface area contributed by atoms with Crippen molar-refractivity contribution in [3.63, 3.8) is 0 Å². The molecule has 8 heteroatoms. The largest absolute Gasteiger partial charge is 0.511 e. The number of hydrogen-bond donors (Lipinski definition) is 1. The SMILES string of the molecule is CCS(=O)(=O)c1cc2c(c(OC(=O)O)c1)OCCCO2. The van der Waals surface area contributed by atoms with Crippen molar-refractivity contribution in [2.45, 2.75) is 18.2 Å². The van der Waals surface area contributed by atoms with Crippen LogP contribution in [0.1, 0.15) is 13.3 Å². The van der Waals surface area contributed by atoms with Gasteiger partial charge in [0.05, 0.1) is 23.9 Å². The Labute approximate surface area is 116 Å². The molecule has 2 rings (SSSR count). The molecular weight excluding hydrogens is 288 g/mol. The summed E-state index contributed by atoms with van der Waals surface area (Å²) in [7, 11) is -3.51. The minimum atomic E-state index is -3.51. The molecule has 1 aliphatic rings. The number of sulfone groups is 1. The van der Waals surface area contributed by atoms with Crippen LogP contribution < -0.4 is 14.2 Å². The highest BCUT2D eigenvalue weighted by molar-refractivity contribution is 7.91. The smallest absolute Gasteiger partial charge is 0.489 e. The summed E-state index contributed by atoms with van der Waals surface area (Å²) in [5.41, 5.74) is 0. The van der Waals surface area contributed by atoms with Crippen molar-refractivity contribution in [3.8, 4) is 17.2 Å². The second-order valence-corrected chi connectivity index (χ2v) is 6.35. The number of fused-ring (bicyclic) bond motifs is 1. The van der Waals surface area contributed by atoms with E-state index in [1.54, 1.807) is 0 Å². The van der Waals surface area contributed by atoms with Gasteiger partial charge in [0.25, 0.3) is 0 Å². The van der Waals surface area contributed by atoms with E-state index in [-0.39, 0.29) is 27.9 Å². The van der Waals surface area contributed by atoms with Gasteiger partial charge in [-0.3, -0.25) is 0 Å². The second-order valence-electron chi connectivity index (χ2n) is 4.07. The van der Waals surface area contributed by atoms with E-state index in [9.17, 15) is 13.2 Å². The van der Waals surface area contributed by atoms with E-state index < -0.39 is 16.0 Å². The standard InChI is InChI=1S/C12H14O7S/c1-2-20(15,16)8-6-9-11(18-5-3-4-17-9)10(7-8)19-12(13)14/h6-7H,2-5H2,1H3,(H,13,14). The fourth-order valence-electron chi connectivity index (χ4n) is 1.73. The molecule has 0 unspecified atom stereocenters. The monoisotopic (exact) mass is 302 g/mol. The van der Waals surface area contributed by atoms with Gasteiger partial charge in [0.2, 0.25) is 5.75 Å². The average molecular weight is 302 g/mol. The molecule has 0 atom stereocenters. The maximum atomic E-state index is 11.9. The lowest BCUT2D eigenvalue weighted by molar-refractivity contribution is 0.142. The van der Waals surface area contributed by atoms with E-state index >= 15 is 0 Å². The Hall–Kier alpha value is -1.96. The van der Waals surface area contributed by atoms with Gasteiger partial charge in [0, 0.05) is 18.6 Å². The van der Waals surface area contributed by atoms with Gasteiger partial charge >= 0.3 is 6.16 Å². The van der Waals surface area contributed by atoms with E-state index in [0.717, 1.165) is 6.07 Å².